The summed E-state index contributed by atoms with van der Waals surface area (Å²) in [6, 6.07) is 10.4. The van der Waals surface area contributed by atoms with Gasteiger partial charge in [0.25, 0.3) is 0 Å². The summed E-state index contributed by atoms with van der Waals surface area (Å²) >= 11 is 0. The van der Waals surface area contributed by atoms with E-state index >= 15 is 0 Å². The van der Waals surface area contributed by atoms with Crippen LogP contribution in [0.5, 0.6) is 0 Å². The van der Waals surface area contributed by atoms with E-state index in [9.17, 15) is 4.79 Å². The van der Waals surface area contributed by atoms with E-state index < -0.39 is 0 Å². The Balaban J connectivity index is 1.82. The van der Waals surface area contributed by atoms with Gasteiger partial charge in [0.05, 0.1) is 5.69 Å². The van der Waals surface area contributed by atoms with E-state index in [1.165, 1.54) is 17.5 Å². The van der Waals surface area contributed by atoms with E-state index in [-0.39, 0.29) is 5.78 Å². The molecule has 3 nitrogen and oxygen atoms in total. The van der Waals surface area contributed by atoms with Crippen molar-refractivity contribution in [1.29, 1.82) is 0 Å². The van der Waals surface area contributed by atoms with Crippen LogP contribution >= 0.6 is 0 Å². The maximum absolute atomic E-state index is 12.5. The highest BCUT2D eigenvalue weighted by molar-refractivity contribution is 5.95. The Morgan fingerprint density at radius 2 is 2.20 bits per heavy atom. The highest BCUT2D eigenvalue weighted by Gasteiger charge is 2.24. The highest BCUT2D eigenvalue weighted by atomic mass is 16.1. The fourth-order valence-electron chi connectivity index (χ4n) is 3.27. The molecule has 2 aromatic rings. The largest absolute Gasteiger partial charge is 0.292 e. The molecule has 3 rings (SSSR count). The zero-order chi connectivity index (χ0) is 14.1. The number of fused-ring (bicyclic) bond motifs is 1. The van der Waals surface area contributed by atoms with Gasteiger partial charge in [-0.1, -0.05) is 24.3 Å². The van der Waals surface area contributed by atoms with Gasteiger partial charge < -0.3 is 0 Å². The molecule has 0 saturated carbocycles. The summed E-state index contributed by atoms with van der Waals surface area (Å²) in [6.07, 6.45) is 4.03. The maximum Gasteiger partial charge on any atom is 0.181 e. The second-order valence-corrected chi connectivity index (χ2v) is 5.71. The van der Waals surface area contributed by atoms with Crippen molar-refractivity contribution < 1.29 is 4.79 Å². The van der Waals surface area contributed by atoms with Gasteiger partial charge in [0.2, 0.25) is 0 Å². The lowest BCUT2D eigenvalue weighted by Crippen LogP contribution is -2.15. The summed E-state index contributed by atoms with van der Waals surface area (Å²) in [6.45, 7) is 1.92. The third kappa shape index (κ3) is 2.40. The van der Waals surface area contributed by atoms with Crippen molar-refractivity contribution >= 4 is 5.78 Å². The van der Waals surface area contributed by atoms with Crippen LogP contribution in [0.15, 0.2) is 30.3 Å². The van der Waals surface area contributed by atoms with Crippen molar-refractivity contribution in [2.75, 3.05) is 0 Å². The Morgan fingerprint density at radius 1 is 1.40 bits per heavy atom. The topological polar surface area (TPSA) is 34.9 Å². The molecular weight excluding hydrogens is 248 g/mol. The number of hydrogen-bond donors (Lipinski definition) is 0. The van der Waals surface area contributed by atoms with E-state index in [1.807, 2.05) is 20.0 Å². The molecule has 0 bridgehead atoms. The summed E-state index contributed by atoms with van der Waals surface area (Å²) < 4.78 is 1.70. The molecule has 0 saturated heterocycles. The van der Waals surface area contributed by atoms with Crippen LogP contribution in [0.3, 0.4) is 0 Å². The van der Waals surface area contributed by atoms with Crippen LogP contribution in [0.1, 0.15) is 52.5 Å². The summed E-state index contributed by atoms with van der Waals surface area (Å²) in [5.41, 5.74) is 4.41. The van der Waals surface area contributed by atoms with E-state index in [0.29, 0.717) is 12.3 Å². The normalized spacial score (nSPS) is 17.8. The van der Waals surface area contributed by atoms with Gasteiger partial charge >= 0.3 is 0 Å². The van der Waals surface area contributed by atoms with Gasteiger partial charge in [-0.3, -0.25) is 9.48 Å². The van der Waals surface area contributed by atoms with E-state index in [2.05, 4.69) is 29.4 Å². The molecule has 3 heteroatoms. The molecular formula is C17H20N2O. The molecule has 0 fully saturated rings. The highest BCUT2D eigenvalue weighted by Crippen LogP contribution is 2.34. The summed E-state index contributed by atoms with van der Waals surface area (Å²) in [7, 11) is 1.84. The number of aromatic nitrogens is 2. The van der Waals surface area contributed by atoms with Crippen LogP contribution in [0.25, 0.3) is 0 Å². The van der Waals surface area contributed by atoms with Crippen LogP contribution in [0.4, 0.5) is 0 Å². The van der Waals surface area contributed by atoms with E-state index in [4.69, 9.17) is 0 Å². The molecule has 0 radical (unpaired) electrons. The fourth-order valence-corrected chi connectivity index (χ4v) is 3.27. The van der Waals surface area contributed by atoms with E-state index in [0.717, 1.165) is 24.2 Å². The Kier molecular flexibility index (Phi) is 3.43. The number of carbonyl (C=O) groups is 1. The van der Waals surface area contributed by atoms with Gasteiger partial charge in [-0.15, -0.1) is 0 Å². The van der Waals surface area contributed by atoms with E-state index in [1.54, 1.807) is 4.68 Å². The first kappa shape index (κ1) is 13.1. The Bertz CT molecular complexity index is 642. The average Bonchev–Trinajstić information content (AvgIpc) is 2.78. The number of aryl methyl sites for hydroxylation is 3. The van der Waals surface area contributed by atoms with Crippen LogP contribution < -0.4 is 0 Å². The number of hydrogen-bond acceptors (Lipinski definition) is 2. The predicted octanol–water partition coefficient (Wildman–Crippen LogP) is 3.42. The number of carbonyl (C=O) groups excluding carboxylic acids is 1. The van der Waals surface area contributed by atoms with Crippen LogP contribution in [-0.4, -0.2) is 15.6 Å². The van der Waals surface area contributed by atoms with Crippen LogP contribution in [0.2, 0.25) is 0 Å². The number of rotatable bonds is 3. The SMILES string of the molecule is Cc1cc(C(=O)CC2CCCc3ccccc32)n(C)n1. The van der Waals surface area contributed by atoms with Crippen molar-refractivity contribution in [1.82, 2.24) is 9.78 Å². The maximum atomic E-state index is 12.5. The third-order valence-corrected chi connectivity index (χ3v) is 4.21. The lowest BCUT2D eigenvalue weighted by atomic mass is 9.80. The molecule has 1 unspecified atom stereocenters. The molecule has 0 amide bonds. The van der Waals surface area contributed by atoms with Crippen LogP contribution in [0, 0.1) is 6.92 Å². The predicted molar refractivity (Wildman–Crippen MR) is 79.0 cm³/mol. The van der Waals surface area contributed by atoms with Crippen molar-refractivity contribution in [2.24, 2.45) is 7.05 Å². The summed E-state index contributed by atoms with van der Waals surface area (Å²) in [5, 5.41) is 4.27. The molecule has 1 aliphatic carbocycles. The Labute approximate surface area is 119 Å². The van der Waals surface area contributed by atoms with Crippen molar-refractivity contribution in [2.45, 2.75) is 38.5 Å². The molecule has 20 heavy (non-hydrogen) atoms. The summed E-state index contributed by atoms with van der Waals surface area (Å²) in [4.78, 5) is 12.5. The molecule has 1 atom stereocenters. The second-order valence-electron chi connectivity index (χ2n) is 5.71. The zero-order valence-electron chi connectivity index (χ0n) is 12.1. The lowest BCUT2D eigenvalue weighted by Gasteiger charge is -2.24. The van der Waals surface area contributed by atoms with Gasteiger partial charge in [-0.2, -0.15) is 5.10 Å². The molecule has 0 N–H and O–H groups in total. The van der Waals surface area contributed by atoms with Crippen LogP contribution in [-0.2, 0) is 13.5 Å². The molecule has 0 aliphatic heterocycles. The Morgan fingerprint density at radius 3 is 2.95 bits per heavy atom. The first-order valence-electron chi connectivity index (χ1n) is 7.27. The first-order chi connectivity index (χ1) is 9.65. The van der Waals surface area contributed by atoms with Gasteiger partial charge in [-0.05, 0) is 49.3 Å². The number of ketones is 1. The molecule has 0 spiro atoms. The number of Topliss-reactive ketones (excluding diaryl/α,β-unsaturated/α-hetero) is 1. The molecule has 1 aliphatic rings. The first-order valence-corrected chi connectivity index (χ1v) is 7.27. The van der Waals surface area contributed by atoms with Gasteiger partial charge in [0.15, 0.2) is 5.78 Å². The summed E-state index contributed by atoms with van der Waals surface area (Å²) in [5.74, 6) is 0.567. The zero-order valence-corrected chi connectivity index (χ0v) is 12.1. The standard InChI is InChI=1S/C17H20N2O/c1-12-10-16(19(2)18-12)17(20)11-14-8-5-7-13-6-3-4-9-15(13)14/h3-4,6,9-10,14H,5,7-8,11H2,1-2H3. The number of benzene rings is 1. The quantitative estimate of drug-likeness (QED) is 0.799. The van der Waals surface area contributed by atoms with Gasteiger partial charge in [0.1, 0.15) is 5.69 Å². The molecule has 1 aromatic carbocycles. The van der Waals surface area contributed by atoms with Gasteiger partial charge in [0, 0.05) is 13.5 Å². The Hall–Kier alpha value is -1.90. The molecule has 1 heterocycles. The third-order valence-electron chi connectivity index (χ3n) is 4.21. The second kappa shape index (κ2) is 5.23. The van der Waals surface area contributed by atoms with Crippen molar-refractivity contribution in [3.05, 3.63) is 52.8 Å². The van der Waals surface area contributed by atoms with Crippen molar-refractivity contribution in [3.63, 3.8) is 0 Å². The molecule has 1 aromatic heterocycles. The minimum absolute atomic E-state index is 0.204. The fraction of sp³-hybridized carbons (Fsp3) is 0.412. The average molecular weight is 268 g/mol. The minimum atomic E-state index is 0.204. The minimum Gasteiger partial charge on any atom is -0.292 e. The number of nitrogens with zero attached hydrogens (tertiary/aromatic N) is 2. The van der Waals surface area contributed by atoms with Crippen molar-refractivity contribution in [3.8, 4) is 0 Å². The smallest absolute Gasteiger partial charge is 0.181 e. The molecule has 104 valence electrons. The monoisotopic (exact) mass is 268 g/mol. The lowest BCUT2D eigenvalue weighted by molar-refractivity contribution is 0.0962. The van der Waals surface area contributed by atoms with Gasteiger partial charge in [-0.25, -0.2) is 0 Å².